The molecule has 3 rings (SSSR count). The molecule has 2 N–H and O–H groups in total. The van der Waals surface area contributed by atoms with Crippen LogP contribution in [0.25, 0.3) is 0 Å². The van der Waals surface area contributed by atoms with E-state index in [0.29, 0.717) is 27.6 Å². The van der Waals surface area contributed by atoms with Crippen molar-refractivity contribution in [2.45, 2.75) is 18.1 Å². The monoisotopic (exact) mass is 543 g/mol. The Morgan fingerprint density at radius 1 is 1.25 bits per heavy atom. The summed E-state index contributed by atoms with van der Waals surface area (Å²) < 4.78 is 28.8. The molecule has 3 aromatic rings. The highest BCUT2D eigenvalue weighted by Gasteiger charge is 2.20. The number of amides is 2. The number of thioether (sulfide) groups is 1. The average Bonchev–Trinajstić information content (AvgIpc) is 3.09. The molecule has 12 heteroatoms. The Morgan fingerprint density at radius 2 is 1.97 bits per heavy atom. The summed E-state index contributed by atoms with van der Waals surface area (Å²) in [7, 11) is 1.70. The zero-order chi connectivity index (χ0) is 23.4. The summed E-state index contributed by atoms with van der Waals surface area (Å²) in [6.45, 7) is 1.74. The van der Waals surface area contributed by atoms with Crippen molar-refractivity contribution < 1.29 is 18.4 Å². The minimum absolute atomic E-state index is 0.0877. The molecule has 0 unspecified atom stereocenters. The maximum atomic E-state index is 13.9. The Labute approximate surface area is 200 Å². The second-order valence-corrected chi connectivity index (χ2v) is 8.86. The van der Waals surface area contributed by atoms with Crippen molar-refractivity contribution in [1.29, 1.82) is 0 Å². The Kier molecular flexibility index (Phi) is 7.86. The van der Waals surface area contributed by atoms with Gasteiger partial charge in [0.25, 0.3) is 5.91 Å². The highest BCUT2D eigenvalue weighted by atomic mass is 79.9. The van der Waals surface area contributed by atoms with E-state index in [1.165, 1.54) is 0 Å². The third kappa shape index (κ3) is 5.64. The van der Waals surface area contributed by atoms with E-state index < -0.39 is 23.6 Å². The quantitative estimate of drug-likeness (QED) is 0.420. The number of nitrogens with zero attached hydrogens (tertiary/aromatic N) is 3. The van der Waals surface area contributed by atoms with Gasteiger partial charge in [-0.15, -0.1) is 10.2 Å². The van der Waals surface area contributed by atoms with Gasteiger partial charge in [-0.05, 0) is 41.1 Å². The van der Waals surface area contributed by atoms with E-state index in [1.54, 1.807) is 42.8 Å². The summed E-state index contributed by atoms with van der Waals surface area (Å²) in [6, 6.07) is 7.93. The minimum atomic E-state index is -0.890. The van der Waals surface area contributed by atoms with Crippen LogP contribution in [0.1, 0.15) is 29.1 Å². The van der Waals surface area contributed by atoms with Crippen LogP contribution in [-0.4, -0.2) is 32.3 Å². The van der Waals surface area contributed by atoms with Crippen LogP contribution in [0.5, 0.6) is 0 Å². The Hall–Kier alpha value is -2.50. The molecule has 0 saturated carbocycles. The molecule has 32 heavy (non-hydrogen) atoms. The molecule has 0 aliphatic heterocycles. The number of nitrogens with one attached hydrogen (secondary N) is 2. The molecule has 0 bridgehead atoms. The number of aromatic nitrogens is 3. The number of hydrogen-bond donors (Lipinski definition) is 2. The zero-order valence-corrected chi connectivity index (χ0v) is 20.0. The van der Waals surface area contributed by atoms with Gasteiger partial charge in [-0.3, -0.25) is 9.59 Å². The standard InChI is InChI=1S/C20H17BrClF2N5O2S/c1-10(25-19(31)12-5-3-4-6-14(12)22)18-27-28-20(29(18)2)32-9-16(30)26-17-13(21)7-11(23)8-15(17)24/h3-8,10H,9H2,1-2H3,(H,25,31)(H,26,30)/t10-/m1/s1. The third-order valence-corrected chi connectivity index (χ3v) is 6.30. The summed E-state index contributed by atoms with van der Waals surface area (Å²) in [6.07, 6.45) is 0. The van der Waals surface area contributed by atoms with Crippen LogP contribution in [0, 0.1) is 11.6 Å². The number of carbonyl (C=O) groups excluding carboxylic acids is 2. The predicted molar refractivity (Wildman–Crippen MR) is 122 cm³/mol. The lowest BCUT2D eigenvalue weighted by Crippen LogP contribution is -2.28. The zero-order valence-electron chi connectivity index (χ0n) is 16.8. The number of carbonyl (C=O) groups is 2. The first-order valence-electron chi connectivity index (χ1n) is 9.19. The van der Waals surface area contributed by atoms with Gasteiger partial charge >= 0.3 is 0 Å². The predicted octanol–water partition coefficient (Wildman–Crippen LogP) is 4.73. The van der Waals surface area contributed by atoms with Crippen LogP contribution < -0.4 is 10.6 Å². The van der Waals surface area contributed by atoms with Crippen LogP contribution in [0.3, 0.4) is 0 Å². The highest BCUT2D eigenvalue weighted by molar-refractivity contribution is 9.10. The SMILES string of the molecule is C[C@@H](NC(=O)c1ccccc1Cl)c1nnc(SCC(=O)Nc2c(F)cc(F)cc2Br)n1C. The molecule has 0 aliphatic rings. The topological polar surface area (TPSA) is 88.9 Å². The molecule has 7 nitrogen and oxygen atoms in total. The van der Waals surface area contributed by atoms with Gasteiger partial charge in [0.15, 0.2) is 16.8 Å². The summed E-state index contributed by atoms with van der Waals surface area (Å²) in [4.78, 5) is 24.7. The van der Waals surface area contributed by atoms with Crippen LogP contribution >= 0.6 is 39.3 Å². The van der Waals surface area contributed by atoms with Gasteiger partial charge < -0.3 is 15.2 Å². The van der Waals surface area contributed by atoms with E-state index in [9.17, 15) is 18.4 Å². The van der Waals surface area contributed by atoms with Crippen LogP contribution in [0.15, 0.2) is 46.0 Å². The van der Waals surface area contributed by atoms with Crippen molar-refractivity contribution >= 4 is 56.8 Å². The second kappa shape index (κ2) is 10.4. The first-order chi connectivity index (χ1) is 15.2. The van der Waals surface area contributed by atoms with Crippen molar-refractivity contribution in [2.75, 3.05) is 11.1 Å². The van der Waals surface area contributed by atoms with E-state index in [2.05, 4.69) is 36.8 Å². The molecule has 2 amide bonds. The van der Waals surface area contributed by atoms with E-state index in [4.69, 9.17) is 11.6 Å². The molecule has 1 heterocycles. The Bertz CT molecular complexity index is 1150. The van der Waals surface area contributed by atoms with Crippen molar-refractivity contribution in [3.8, 4) is 0 Å². The summed E-state index contributed by atoms with van der Waals surface area (Å²) in [5, 5.41) is 14.1. The van der Waals surface area contributed by atoms with E-state index >= 15 is 0 Å². The molecule has 0 radical (unpaired) electrons. The summed E-state index contributed by atoms with van der Waals surface area (Å²) in [5.74, 6) is -2.13. The second-order valence-electron chi connectivity index (χ2n) is 6.66. The van der Waals surface area contributed by atoms with Gasteiger partial charge in [0.2, 0.25) is 5.91 Å². The fraction of sp³-hybridized carbons (Fsp3) is 0.200. The molecule has 1 aromatic heterocycles. The van der Waals surface area contributed by atoms with Gasteiger partial charge in [0, 0.05) is 17.6 Å². The molecule has 0 aliphatic carbocycles. The lowest BCUT2D eigenvalue weighted by molar-refractivity contribution is -0.113. The first kappa shape index (κ1) is 24.1. The van der Waals surface area contributed by atoms with Crippen molar-refractivity contribution in [1.82, 2.24) is 20.1 Å². The number of anilines is 1. The van der Waals surface area contributed by atoms with Crippen LogP contribution in [0.2, 0.25) is 5.02 Å². The van der Waals surface area contributed by atoms with Gasteiger partial charge in [-0.2, -0.15) is 0 Å². The third-order valence-electron chi connectivity index (χ3n) is 4.33. The lowest BCUT2D eigenvalue weighted by atomic mass is 10.2. The minimum Gasteiger partial charge on any atom is -0.342 e. The fourth-order valence-corrected chi connectivity index (χ4v) is 4.23. The molecular weight excluding hydrogens is 528 g/mol. The first-order valence-corrected chi connectivity index (χ1v) is 11.3. The molecule has 2 aromatic carbocycles. The molecule has 168 valence electrons. The Morgan fingerprint density at radius 3 is 2.66 bits per heavy atom. The van der Waals surface area contributed by atoms with Gasteiger partial charge in [0.05, 0.1) is 28.1 Å². The van der Waals surface area contributed by atoms with Crippen LogP contribution in [-0.2, 0) is 11.8 Å². The normalized spacial score (nSPS) is 11.8. The van der Waals surface area contributed by atoms with Crippen LogP contribution in [0.4, 0.5) is 14.5 Å². The van der Waals surface area contributed by atoms with E-state index in [1.807, 2.05) is 0 Å². The highest BCUT2D eigenvalue weighted by Crippen LogP contribution is 2.27. The molecule has 1 atom stereocenters. The van der Waals surface area contributed by atoms with E-state index in [-0.39, 0.29) is 21.8 Å². The number of rotatable bonds is 7. The van der Waals surface area contributed by atoms with Gasteiger partial charge in [0.1, 0.15) is 5.82 Å². The Balaban J connectivity index is 1.61. The smallest absolute Gasteiger partial charge is 0.253 e. The maximum absolute atomic E-state index is 13.9. The number of benzene rings is 2. The van der Waals surface area contributed by atoms with E-state index in [0.717, 1.165) is 17.8 Å². The summed E-state index contributed by atoms with van der Waals surface area (Å²) >= 11 is 10.2. The lowest BCUT2D eigenvalue weighted by Gasteiger charge is -2.14. The van der Waals surface area contributed by atoms with Crippen molar-refractivity contribution in [3.63, 3.8) is 0 Å². The molecule has 0 spiro atoms. The van der Waals surface area contributed by atoms with Crippen molar-refractivity contribution in [3.05, 3.63) is 68.9 Å². The number of halogens is 4. The van der Waals surface area contributed by atoms with Gasteiger partial charge in [-0.25, -0.2) is 8.78 Å². The number of hydrogen-bond acceptors (Lipinski definition) is 5. The molecule has 0 fully saturated rings. The average molecular weight is 545 g/mol. The van der Waals surface area contributed by atoms with Crippen molar-refractivity contribution in [2.24, 2.45) is 7.05 Å². The summed E-state index contributed by atoms with van der Waals surface area (Å²) in [5.41, 5.74) is 0.195. The largest absolute Gasteiger partial charge is 0.342 e. The van der Waals surface area contributed by atoms with Gasteiger partial charge in [-0.1, -0.05) is 35.5 Å². The fourth-order valence-electron chi connectivity index (χ4n) is 2.78. The molecule has 0 saturated heterocycles. The molecular formula is C20H17BrClF2N5O2S. The maximum Gasteiger partial charge on any atom is 0.253 e.